The molecule has 0 bridgehead atoms. The smallest absolute Gasteiger partial charge is 0.167 e. The molecule has 1 aromatic heterocycles. The van der Waals surface area contributed by atoms with Crippen molar-refractivity contribution in [3.8, 4) is 0 Å². The third-order valence-corrected chi connectivity index (χ3v) is 3.07. The molecule has 0 fully saturated rings. The van der Waals surface area contributed by atoms with Gasteiger partial charge in [0.15, 0.2) is 5.82 Å². The number of hydrogen-bond donors (Lipinski definition) is 0. The number of tetrazole rings is 1. The summed E-state index contributed by atoms with van der Waals surface area (Å²) in [5.74, 6) is 0.807. The number of aryl methyl sites for hydroxylation is 1. The van der Waals surface area contributed by atoms with Gasteiger partial charge in [0.1, 0.15) is 0 Å². The molecule has 1 heterocycles. The Kier molecular flexibility index (Phi) is 2.82. The Hall–Kier alpha value is -0.450. The van der Waals surface area contributed by atoms with Crippen LogP contribution in [0.2, 0.25) is 0 Å². The van der Waals surface area contributed by atoms with E-state index in [2.05, 4.69) is 45.2 Å². The number of alkyl halides is 1. The summed E-state index contributed by atoms with van der Waals surface area (Å²) in [6, 6.07) is 0. The maximum Gasteiger partial charge on any atom is 0.175 e. The molecule has 12 heavy (non-hydrogen) atoms. The summed E-state index contributed by atoms with van der Waals surface area (Å²) in [7, 11) is 1.78. The van der Waals surface area contributed by atoms with E-state index in [9.17, 15) is 0 Å². The SMILES string of the molecule is Cn1nnc(CC(C)(C)CBr)n1. The van der Waals surface area contributed by atoms with Gasteiger partial charge >= 0.3 is 0 Å². The third kappa shape index (κ3) is 2.55. The van der Waals surface area contributed by atoms with Crippen LogP contribution in [-0.2, 0) is 13.5 Å². The fourth-order valence-electron chi connectivity index (χ4n) is 0.869. The zero-order valence-corrected chi connectivity index (χ0v) is 9.17. The number of aromatic nitrogens is 4. The van der Waals surface area contributed by atoms with E-state index in [-0.39, 0.29) is 5.41 Å². The molecule has 0 saturated heterocycles. The van der Waals surface area contributed by atoms with Crippen LogP contribution in [-0.4, -0.2) is 25.5 Å². The van der Waals surface area contributed by atoms with Gasteiger partial charge in [-0.3, -0.25) is 0 Å². The molecule has 4 nitrogen and oxygen atoms in total. The van der Waals surface area contributed by atoms with E-state index in [1.807, 2.05) is 0 Å². The molecule has 0 aromatic carbocycles. The fraction of sp³-hybridized carbons (Fsp3) is 0.857. The second kappa shape index (κ2) is 3.51. The van der Waals surface area contributed by atoms with Crippen LogP contribution in [0.4, 0.5) is 0 Å². The van der Waals surface area contributed by atoms with E-state index in [0.29, 0.717) is 0 Å². The Bertz CT molecular complexity index is 256. The van der Waals surface area contributed by atoms with Crippen molar-refractivity contribution in [2.24, 2.45) is 12.5 Å². The van der Waals surface area contributed by atoms with Crippen molar-refractivity contribution in [2.75, 3.05) is 5.33 Å². The quantitative estimate of drug-likeness (QED) is 0.736. The number of rotatable bonds is 3. The van der Waals surface area contributed by atoms with Gasteiger partial charge in [0.2, 0.25) is 0 Å². The monoisotopic (exact) mass is 232 g/mol. The first-order chi connectivity index (χ1) is 5.53. The highest BCUT2D eigenvalue weighted by molar-refractivity contribution is 9.09. The zero-order valence-electron chi connectivity index (χ0n) is 7.58. The predicted molar refractivity (Wildman–Crippen MR) is 50.1 cm³/mol. The highest BCUT2D eigenvalue weighted by Crippen LogP contribution is 2.21. The van der Waals surface area contributed by atoms with Crippen molar-refractivity contribution >= 4 is 15.9 Å². The van der Waals surface area contributed by atoms with Crippen LogP contribution in [0.15, 0.2) is 0 Å². The molecule has 0 aliphatic carbocycles. The normalized spacial score (nSPS) is 12.0. The molecule has 0 atom stereocenters. The summed E-state index contributed by atoms with van der Waals surface area (Å²) in [5, 5.41) is 12.8. The first-order valence-corrected chi connectivity index (χ1v) is 4.94. The topological polar surface area (TPSA) is 43.6 Å². The predicted octanol–water partition coefficient (Wildman–Crippen LogP) is 1.17. The average molecular weight is 233 g/mol. The summed E-state index contributed by atoms with van der Waals surface area (Å²) >= 11 is 3.45. The fourth-order valence-corrected chi connectivity index (χ4v) is 1.07. The second-order valence-electron chi connectivity index (χ2n) is 3.67. The first kappa shape index (κ1) is 9.64. The summed E-state index contributed by atoms with van der Waals surface area (Å²) in [6.45, 7) is 4.33. The van der Waals surface area contributed by atoms with E-state index in [1.54, 1.807) is 7.05 Å². The van der Waals surface area contributed by atoms with E-state index in [4.69, 9.17) is 0 Å². The van der Waals surface area contributed by atoms with Crippen LogP contribution < -0.4 is 0 Å². The molecule has 0 aliphatic heterocycles. The van der Waals surface area contributed by atoms with Crippen LogP contribution in [0.25, 0.3) is 0 Å². The standard InChI is InChI=1S/C7H13BrN4/c1-7(2,5-8)4-6-9-11-12(3)10-6/h4-5H2,1-3H3. The number of hydrogen-bond acceptors (Lipinski definition) is 3. The molecule has 0 radical (unpaired) electrons. The van der Waals surface area contributed by atoms with E-state index < -0.39 is 0 Å². The van der Waals surface area contributed by atoms with Crippen molar-refractivity contribution in [3.05, 3.63) is 5.82 Å². The van der Waals surface area contributed by atoms with Gasteiger partial charge in [-0.2, -0.15) is 4.80 Å². The van der Waals surface area contributed by atoms with E-state index >= 15 is 0 Å². The minimum Gasteiger partial charge on any atom is -0.167 e. The first-order valence-electron chi connectivity index (χ1n) is 3.82. The van der Waals surface area contributed by atoms with Crippen molar-refractivity contribution in [1.82, 2.24) is 20.2 Å². The van der Waals surface area contributed by atoms with Crippen molar-refractivity contribution < 1.29 is 0 Å². The van der Waals surface area contributed by atoms with E-state index in [1.165, 1.54) is 4.80 Å². The van der Waals surface area contributed by atoms with Gasteiger partial charge in [-0.25, -0.2) is 0 Å². The summed E-state index contributed by atoms with van der Waals surface area (Å²) in [6.07, 6.45) is 0.853. The van der Waals surface area contributed by atoms with Gasteiger partial charge in [0, 0.05) is 11.8 Å². The molecular formula is C7H13BrN4. The molecule has 0 amide bonds. The third-order valence-electron chi connectivity index (χ3n) is 1.55. The molecule has 0 spiro atoms. The molecule has 0 saturated carbocycles. The van der Waals surface area contributed by atoms with Gasteiger partial charge in [0.25, 0.3) is 0 Å². The Morgan fingerprint density at radius 2 is 2.17 bits per heavy atom. The Balaban J connectivity index is 2.63. The van der Waals surface area contributed by atoms with Crippen molar-refractivity contribution in [2.45, 2.75) is 20.3 Å². The number of halogens is 1. The van der Waals surface area contributed by atoms with Gasteiger partial charge < -0.3 is 0 Å². The highest BCUT2D eigenvalue weighted by atomic mass is 79.9. The Morgan fingerprint density at radius 3 is 2.58 bits per heavy atom. The molecule has 68 valence electrons. The summed E-state index contributed by atoms with van der Waals surface area (Å²) in [4.78, 5) is 1.49. The number of nitrogens with zero attached hydrogens (tertiary/aromatic N) is 4. The van der Waals surface area contributed by atoms with Gasteiger partial charge in [-0.15, -0.1) is 10.2 Å². The Labute approximate surface area is 80.5 Å². The Morgan fingerprint density at radius 1 is 1.50 bits per heavy atom. The zero-order chi connectivity index (χ0) is 9.19. The maximum atomic E-state index is 4.12. The molecule has 5 heteroatoms. The van der Waals surface area contributed by atoms with Gasteiger partial charge in [-0.05, 0) is 10.6 Å². The summed E-state index contributed by atoms with van der Waals surface area (Å²) < 4.78 is 0. The van der Waals surface area contributed by atoms with Gasteiger partial charge in [-0.1, -0.05) is 29.8 Å². The van der Waals surface area contributed by atoms with Crippen LogP contribution in [0.5, 0.6) is 0 Å². The van der Waals surface area contributed by atoms with Crippen LogP contribution in [0.3, 0.4) is 0 Å². The molecular weight excluding hydrogens is 220 g/mol. The molecule has 0 unspecified atom stereocenters. The lowest BCUT2D eigenvalue weighted by Gasteiger charge is -2.18. The van der Waals surface area contributed by atoms with Crippen LogP contribution >= 0.6 is 15.9 Å². The average Bonchev–Trinajstić information content (AvgIpc) is 2.35. The largest absolute Gasteiger partial charge is 0.175 e. The summed E-state index contributed by atoms with van der Waals surface area (Å²) in [5.41, 5.74) is 0.197. The van der Waals surface area contributed by atoms with Crippen molar-refractivity contribution in [3.63, 3.8) is 0 Å². The van der Waals surface area contributed by atoms with E-state index in [0.717, 1.165) is 17.6 Å². The maximum absolute atomic E-state index is 4.12. The highest BCUT2D eigenvalue weighted by Gasteiger charge is 2.19. The molecule has 0 N–H and O–H groups in total. The molecule has 1 aromatic rings. The molecule has 1 rings (SSSR count). The second-order valence-corrected chi connectivity index (χ2v) is 4.23. The van der Waals surface area contributed by atoms with Crippen LogP contribution in [0.1, 0.15) is 19.7 Å². The lowest BCUT2D eigenvalue weighted by Crippen LogP contribution is -2.17. The van der Waals surface area contributed by atoms with Crippen molar-refractivity contribution in [1.29, 1.82) is 0 Å². The molecule has 0 aliphatic rings. The lowest BCUT2D eigenvalue weighted by molar-refractivity contribution is 0.413. The van der Waals surface area contributed by atoms with Gasteiger partial charge in [0.05, 0.1) is 7.05 Å². The lowest BCUT2D eigenvalue weighted by atomic mass is 9.92. The minimum absolute atomic E-state index is 0.197. The van der Waals surface area contributed by atoms with Crippen LogP contribution in [0, 0.1) is 5.41 Å². The minimum atomic E-state index is 0.197.